The molecule has 17 heavy (non-hydrogen) atoms. The number of rotatable bonds is 4. The van der Waals surface area contributed by atoms with Gasteiger partial charge in [0.25, 0.3) is 0 Å². The number of methoxy groups -OCH3 is 1. The molecule has 1 amide bonds. The van der Waals surface area contributed by atoms with Crippen LogP contribution in [0.4, 0.5) is 5.69 Å². The number of hydrogen-bond donors (Lipinski definition) is 1. The summed E-state index contributed by atoms with van der Waals surface area (Å²) in [5.41, 5.74) is 1.15. The Morgan fingerprint density at radius 1 is 1.29 bits per heavy atom. The molecule has 92 valence electrons. The van der Waals surface area contributed by atoms with E-state index in [1.165, 1.54) is 7.11 Å². The number of carbonyl (C=O) groups excluding carboxylic acids is 2. The van der Waals surface area contributed by atoms with Crippen LogP contribution >= 0.6 is 0 Å². The lowest BCUT2D eigenvalue weighted by molar-refractivity contribution is -0.119. The third-order valence-corrected chi connectivity index (χ3v) is 2.63. The number of nitrogens with one attached hydrogen (secondary N) is 1. The van der Waals surface area contributed by atoms with Crippen molar-refractivity contribution in [3.63, 3.8) is 0 Å². The van der Waals surface area contributed by atoms with E-state index in [-0.39, 0.29) is 17.8 Å². The molecule has 0 aliphatic rings. The highest BCUT2D eigenvalue weighted by molar-refractivity contribution is 5.93. The van der Waals surface area contributed by atoms with E-state index in [4.69, 9.17) is 0 Å². The normalized spacial score (nSPS) is 11.7. The van der Waals surface area contributed by atoms with E-state index in [9.17, 15) is 9.59 Å². The Balaban J connectivity index is 2.69. The van der Waals surface area contributed by atoms with Crippen LogP contribution in [0.5, 0.6) is 0 Å². The average molecular weight is 235 g/mol. The van der Waals surface area contributed by atoms with Gasteiger partial charge in [-0.1, -0.05) is 13.8 Å². The summed E-state index contributed by atoms with van der Waals surface area (Å²) in [5, 5.41) is 2.79. The van der Waals surface area contributed by atoms with Crippen LogP contribution < -0.4 is 5.32 Å². The second kappa shape index (κ2) is 6.03. The summed E-state index contributed by atoms with van der Waals surface area (Å²) >= 11 is 0. The molecule has 4 nitrogen and oxygen atoms in total. The molecule has 1 aromatic carbocycles. The first-order valence-corrected chi connectivity index (χ1v) is 5.57. The van der Waals surface area contributed by atoms with Gasteiger partial charge in [0.05, 0.1) is 12.7 Å². The second-order valence-electron chi connectivity index (χ2n) is 3.87. The lowest BCUT2D eigenvalue weighted by Gasteiger charge is -2.10. The van der Waals surface area contributed by atoms with Crippen LogP contribution in [0.2, 0.25) is 0 Å². The summed E-state index contributed by atoms with van der Waals surface area (Å²) in [6, 6.07) is 6.62. The minimum absolute atomic E-state index is 0.0154. The summed E-state index contributed by atoms with van der Waals surface area (Å²) in [5.74, 6) is -0.418. The fourth-order valence-corrected chi connectivity index (χ4v) is 1.26. The van der Waals surface area contributed by atoms with E-state index in [1.54, 1.807) is 24.3 Å². The van der Waals surface area contributed by atoms with Crippen molar-refractivity contribution < 1.29 is 14.3 Å². The zero-order valence-electron chi connectivity index (χ0n) is 10.3. The third-order valence-electron chi connectivity index (χ3n) is 2.63. The lowest BCUT2D eigenvalue weighted by atomic mass is 10.1. The molecular weight excluding hydrogens is 218 g/mol. The minimum atomic E-state index is -0.384. The second-order valence-corrected chi connectivity index (χ2v) is 3.87. The van der Waals surface area contributed by atoms with E-state index >= 15 is 0 Å². The highest BCUT2D eigenvalue weighted by Gasteiger charge is 2.11. The van der Waals surface area contributed by atoms with E-state index in [2.05, 4.69) is 10.1 Å². The van der Waals surface area contributed by atoms with Crippen molar-refractivity contribution in [3.05, 3.63) is 29.8 Å². The van der Waals surface area contributed by atoms with Gasteiger partial charge >= 0.3 is 5.97 Å². The number of benzene rings is 1. The van der Waals surface area contributed by atoms with Crippen LogP contribution in [-0.4, -0.2) is 19.0 Å². The van der Waals surface area contributed by atoms with Crippen LogP contribution in [0.15, 0.2) is 24.3 Å². The third kappa shape index (κ3) is 3.59. The first-order chi connectivity index (χ1) is 8.08. The molecule has 0 fully saturated rings. The molecule has 0 unspecified atom stereocenters. The van der Waals surface area contributed by atoms with Gasteiger partial charge in [-0.05, 0) is 30.7 Å². The highest BCUT2D eigenvalue weighted by atomic mass is 16.5. The quantitative estimate of drug-likeness (QED) is 0.815. The summed E-state index contributed by atoms with van der Waals surface area (Å²) in [7, 11) is 1.33. The Kier molecular flexibility index (Phi) is 4.69. The van der Waals surface area contributed by atoms with E-state index < -0.39 is 0 Å². The molecule has 0 saturated carbocycles. The molecule has 1 rings (SSSR count). The van der Waals surface area contributed by atoms with Gasteiger partial charge < -0.3 is 10.1 Å². The van der Waals surface area contributed by atoms with Gasteiger partial charge in [-0.15, -0.1) is 0 Å². The van der Waals surface area contributed by atoms with Crippen molar-refractivity contribution in [1.29, 1.82) is 0 Å². The first-order valence-electron chi connectivity index (χ1n) is 5.57. The van der Waals surface area contributed by atoms with Gasteiger partial charge in [0, 0.05) is 11.6 Å². The minimum Gasteiger partial charge on any atom is -0.465 e. The smallest absolute Gasteiger partial charge is 0.337 e. The standard InChI is InChI=1S/C13H17NO3/c1-4-9(2)12(15)14-11-7-5-10(6-8-11)13(16)17-3/h5-9H,4H2,1-3H3,(H,14,15)/t9-/m0/s1. The Morgan fingerprint density at radius 2 is 1.88 bits per heavy atom. The van der Waals surface area contributed by atoms with Gasteiger partial charge in [0.2, 0.25) is 5.91 Å². The Bertz CT molecular complexity index is 398. The Hall–Kier alpha value is -1.84. The fourth-order valence-electron chi connectivity index (χ4n) is 1.26. The zero-order chi connectivity index (χ0) is 12.8. The number of carbonyl (C=O) groups is 2. The maximum Gasteiger partial charge on any atom is 0.337 e. The van der Waals surface area contributed by atoms with Gasteiger partial charge in [-0.2, -0.15) is 0 Å². The average Bonchev–Trinajstić information content (AvgIpc) is 2.37. The molecule has 0 aliphatic heterocycles. The number of amides is 1. The van der Waals surface area contributed by atoms with Crippen molar-refractivity contribution >= 4 is 17.6 Å². The summed E-state index contributed by atoms with van der Waals surface area (Å²) < 4.78 is 4.59. The predicted molar refractivity (Wildman–Crippen MR) is 65.9 cm³/mol. The molecule has 1 aromatic rings. The van der Waals surface area contributed by atoms with E-state index in [1.807, 2.05) is 13.8 Å². The number of esters is 1. The Labute approximate surface area is 101 Å². The zero-order valence-corrected chi connectivity index (χ0v) is 10.3. The van der Waals surface area contributed by atoms with Crippen LogP contribution in [-0.2, 0) is 9.53 Å². The van der Waals surface area contributed by atoms with Crippen molar-refractivity contribution in [3.8, 4) is 0 Å². The summed E-state index contributed by atoms with van der Waals surface area (Å²) in [4.78, 5) is 22.8. The molecule has 0 saturated heterocycles. The molecule has 0 aromatic heterocycles. The maximum absolute atomic E-state index is 11.6. The molecular formula is C13H17NO3. The van der Waals surface area contributed by atoms with Crippen LogP contribution in [0.3, 0.4) is 0 Å². The van der Waals surface area contributed by atoms with Crippen LogP contribution in [0.25, 0.3) is 0 Å². The Morgan fingerprint density at radius 3 is 2.35 bits per heavy atom. The van der Waals surface area contributed by atoms with Crippen LogP contribution in [0.1, 0.15) is 30.6 Å². The first kappa shape index (κ1) is 13.2. The predicted octanol–water partition coefficient (Wildman–Crippen LogP) is 2.46. The van der Waals surface area contributed by atoms with Gasteiger partial charge in [-0.3, -0.25) is 4.79 Å². The fraction of sp³-hybridized carbons (Fsp3) is 0.385. The SMILES string of the molecule is CC[C@H](C)C(=O)Nc1ccc(C(=O)OC)cc1. The summed E-state index contributed by atoms with van der Waals surface area (Å²) in [6.45, 7) is 3.84. The van der Waals surface area contributed by atoms with E-state index in [0.29, 0.717) is 11.3 Å². The van der Waals surface area contributed by atoms with Crippen molar-refractivity contribution in [2.24, 2.45) is 5.92 Å². The topological polar surface area (TPSA) is 55.4 Å². The van der Waals surface area contributed by atoms with Crippen molar-refractivity contribution in [2.45, 2.75) is 20.3 Å². The molecule has 1 atom stereocenters. The van der Waals surface area contributed by atoms with Gasteiger partial charge in [-0.25, -0.2) is 4.79 Å². The van der Waals surface area contributed by atoms with Gasteiger partial charge in [0.1, 0.15) is 0 Å². The van der Waals surface area contributed by atoms with E-state index in [0.717, 1.165) is 6.42 Å². The number of hydrogen-bond acceptors (Lipinski definition) is 3. The summed E-state index contributed by atoms with van der Waals surface area (Å²) in [6.07, 6.45) is 0.798. The molecule has 0 radical (unpaired) electrons. The maximum atomic E-state index is 11.6. The molecule has 0 heterocycles. The number of ether oxygens (including phenoxy) is 1. The molecule has 0 aliphatic carbocycles. The number of anilines is 1. The van der Waals surface area contributed by atoms with Crippen LogP contribution in [0, 0.1) is 5.92 Å². The molecule has 4 heteroatoms. The monoisotopic (exact) mass is 235 g/mol. The van der Waals surface area contributed by atoms with Gasteiger partial charge in [0.15, 0.2) is 0 Å². The molecule has 0 bridgehead atoms. The highest BCUT2D eigenvalue weighted by Crippen LogP contribution is 2.12. The molecule has 0 spiro atoms. The van der Waals surface area contributed by atoms with Crippen molar-refractivity contribution in [2.75, 3.05) is 12.4 Å². The largest absolute Gasteiger partial charge is 0.465 e. The lowest BCUT2D eigenvalue weighted by Crippen LogP contribution is -2.19. The molecule has 1 N–H and O–H groups in total. The van der Waals surface area contributed by atoms with Crippen molar-refractivity contribution in [1.82, 2.24) is 0 Å².